The number of rotatable bonds is 3. The predicted molar refractivity (Wildman–Crippen MR) is 71.8 cm³/mol. The smallest absolute Gasteiger partial charge is 0.175 e. The number of benzene rings is 1. The van der Waals surface area contributed by atoms with Gasteiger partial charge in [-0.15, -0.1) is 0 Å². The molecule has 0 amide bonds. The molecular weight excluding hydrogens is 264 g/mol. The van der Waals surface area contributed by atoms with E-state index in [-0.39, 0.29) is 6.61 Å². The van der Waals surface area contributed by atoms with Crippen LogP contribution in [0.5, 0.6) is 0 Å². The third-order valence-electron chi connectivity index (χ3n) is 2.78. The molecule has 3 rings (SSSR count). The third kappa shape index (κ3) is 2.57. The van der Waals surface area contributed by atoms with Crippen molar-refractivity contribution in [2.24, 2.45) is 0 Å². The standard InChI is InChI=1S/C13H11ClN4O/c14-11-4-10-3-9(1-2-12(10)15-5-11)6-18-8-16-13(7-19)17-18/h1-5,8,19H,6-7H2. The van der Waals surface area contributed by atoms with Gasteiger partial charge < -0.3 is 5.11 Å². The Morgan fingerprint density at radius 3 is 2.89 bits per heavy atom. The molecule has 0 aliphatic heterocycles. The van der Waals surface area contributed by atoms with Crippen molar-refractivity contribution in [2.75, 3.05) is 0 Å². The highest BCUT2D eigenvalue weighted by molar-refractivity contribution is 6.31. The van der Waals surface area contributed by atoms with Gasteiger partial charge in [-0.25, -0.2) is 9.67 Å². The number of nitrogens with zero attached hydrogens (tertiary/aromatic N) is 4. The minimum Gasteiger partial charge on any atom is -0.388 e. The molecule has 0 saturated carbocycles. The Kier molecular flexibility index (Phi) is 3.15. The first-order valence-electron chi connectivity index (χ1n) is 5.78. The molecule has 19 heavy (non-hydrogen) atoms. The first-order valence-corrected chi connectivity index (χ1v) is 6.16. The van der Waals surface area contributed by atoms with Crippen LogP contribution in [0, 0.1) is 0 Å². The summed E-state index contributed by atoms with van der Waals surface area (Å²) in [6.45, 7) is 0.444. The maximum absolute atomic E-state index is 8.93. The second kappa shape index (κ2) is 4.95. The highest BCUT2D eigenvalue weighted by atomic mass is 35.5. The van der Waals surface area contributed by atoms with Crippen LogP contribution in [0.1, 0.15) is 11.4 Å². The van der Waals surface area contributed by atoms with E-state index in [0.717, 1.165) is 16.5 Å². The Labute approximate surface area is 114 Å². The van der Waals surface area contributed by atoms with E-state index in [2.05, 4.69) is 15.1 Å². The van der Waals surface area contributed by atoms with E-state index in [1.807, 2.05) is 24.3 Å². The van der Waals surface area contributed by atoms with Gasteiger partial charge in [0.05, 0.1) is 17.1 Å². The molecule has 0 fully saturated rings. The van der Waals surface area contributed by atoms with Gasteiger partial charge in [-0.05, 0) is 23.8 Å². The van der Waals surface area contributed by atoms with Crippen molar-refractivity contribution in [3.63, 3.8) is 0 Å². The molecule has 2 heterocycles. The lowest BCUT2D eigenvalue weighted by Gasteiger charge is -2.03. The minimum atomic E-state index is -0.149. The summed E-state index contributed by atoms with van der Waals surface area (Å²) >= 11 is 5.94. The van der Waals surface area contributed by atoms with Crippen LogP contribution in [-0.2, 0) is 13.2 Å². The van der Waals surface area contributed by atoms with E-state index in [4.69, 9.17) is 16.7 Å². The molecule has 6 heteroatoms. The predicted octanol–water partition coefficient (Wildman–Crippen LogP) is 2.02. The summed E-state index contributed by atoms with van der Waals surface area (Å²) in [4.78, 5) is 8.22. The number of pyridine rings is 1. The summed E-state index contributed by atoms with van der Waals surface area (Å²) in [5.74, 6) is 0.422. The van der Waals surface area contributed by atoms with E-state index in [1.165, 1.54) is 0 Å². The molecular formula is C13H11ClN4O. The Hall–Kier alpha value is -1.98. The molecule has 0 saturated heterocycles. The second-order valence-electron chi connectivity index (χ2n) is 4.20. The van der Waals surface area contributed by atoms with Gasteiger partial charge in [-0.2, -0.15) is 5.10 Å². The van der Waals surface area contributed by atoms with Crippen molar-refractivity contribution in [3.05, 3.63) is 53.2 Å². The molecule has 2 aromatic heterocycles. The third-order valence-corrected chi connectivity index (χ3v) is 2.99. The van der Waals surface area contributed by atoms with E-state index in [9.17, 15) is 0 Å². The average Bonchev–Trinajstić information content (AvgIpc) is 2.86. The normalized spacial score (nSPS) is 11.1. The molecule has 3 aromatic rings. The quantitative estimate of drug-likeness (QED) is 0.794. The van der Waals surface area contributed by atoms with E-state index in [1.54, 1.807) is 17.2 Å². The molecule has 0 spiro atoms. The zero-order valence-corrected chi connectivity index (χ0v) is 10.7. The zero-order chi connectivity index (χ0) is 13.2. The lowest BCUT2D eigenvalue weighted by Crippen LogP contribution is -2.01. The number of hydrogen-bond donors (Lipinski definition) is 1. The van der Waals surface area contributed by atoms with Crippen LogP contribution in [0.4, 0.5) is 0 Å². The summed E-state index contributed by atoms with van der Waals surface area (Å²) in [7, 11) is 0. The maximum Gasteiger partial charge on any atom is 0.175 e. The van der Waals surface area contributed by atoms with Crippen LogP contribution >= 0.6 is 11.6 Å². The number of aromatic nitrogens is 4. The van der Waals surface area contributed by atoms with Crippen molar-refractivity contribution in [1.82, 2.24) is 19.7 Å². The Balaban J connectivity index is 1.92. The van der Waals surface area contributed by atoms with E-state index < -0.39 is 0 Å². The molecule has 5 nitrogen and oxygen atoms in total. The lowest BCUT2D eigenvalue weighted by molar-refractivity contribution is 0.271. The van der Waals surface area contributed by atoms with Crippen molar-refractivity contribution in [3.8, 4) is 0 Å². The van der Waals surface area contributed by atoms with Crippen LogP contribution < -0.4 is 0 Å². The van der Waals surface area contributed by atoms with Gasteiger partial charge in [0, 0.05) is 11.6 Å². The van der Waals surface area contributed by atoms with E-state index in [0.29, 0.717) is 17.4 Å². The maximum atomic E-state index is 8.93. The first kappa shape index (κ1) is 12.1. The number of fused-ring (bicyclic) bond motifs is 1. The average molecular weight is 275 g/mol. The van der Waals surface area contributed by atoms with Gasteiger partial charge in [-0.1, -0.05) is 17.7 Å². The van der Waals surface area contributed by atoms with Crippen molar-refractivity contribution < 1.29 is 5.11 Å². The number of hydrogen-bond acceptors (Lipinski definition) is 4. The van der Waals surface area contributed by atoms with Crippen LogP contribution in [0.15, 0.2) is 36.8 Å². The van der Waals surface area contributed by atoms with Crippen LogP contribution in [0.25, 0.3) is 10.9 Å². The van der Waals surface area contributed by atoms with Gasteiger partial charge in [0.25, 0.3) is 0 Å². The van der Waals surface area contributed by atoms with Crippen LogP contribution in [0.3, 0.4) is 0 Å². The number of halogens is 1. The monoisotopic (exact) mass is 274 g/mol. The Morgan fingerprint density at radius 2 is 2.11 bits per heavy atom. The summed E-state index contributed by atoms with van der Waals surface area (Å²) < 4.78 is 1.69. The van der Waals surface area contributed by atoms with Gasteiger partial charge in [0.1, 0.15) is 12.9 Å². The molecule has 0 aliphatic rings. The van der Waals surface area contributed by atoms with Crippen LogP contribution in [0.2, 0.25) is 5.02 Å². The molecule has 96 valence electrons. The molecule has 1 N–H and O–H groups in total. The molecule has 0 unspecified atom stereocenters. The second-order valence-corrected chi connectivity index (χ2v) is 4.63. The Morgan fingerprint density at radius 1 is 1.21 bits per heavy atom. The fourth-order valence-corrected chi connectivity index (χ4v) is 2.09. The number of aliphatic hydroxyl groups excluding tert-OH is 1. The number of aliphatic hydroxyl groups is 1. The van der Waals surface area contributed by atoms with Crippen molar-refractivity contribution in [1.29, 1.82) is 0 Å². The molecule has 0 radical (unpaired) electrons. The van der Waals surface area contributed by atoms with Crippen LogP contribution in [-0.4, -0.2) is 24.9 Å². The minimum absolute atomic E-state index is 0.149. The molecule has 0 bridgehead atoms. The van der Waals surface area contributed by atoms with Crippen molar-refractivity contribution in [2.45, 2.75) is 13.2 Å². The summed E-state index contributed by atoms with van der Waals surface area (Å²) in [6, 6.07) is 7.84. The Bertz CT molecular complexity index is 725. The lowest BCUT2D eigenvalue weighted by atomic mass is 10.1. The van der Waals surface area contributed by atoms with Crippen molar-refractivity contribution >= 4 is 22.5 Å². The zero-order valence-electron chi connectivity index (χ0n) is 9.99. The summed E-state index contributed by atoms with van der Waals surface area (Å²) in [5.41, 5.74) is 1.98. The molecule has 1 aromatic carbocycles. The van der Waals surface area contributed by atoms with Gasteiger partial charge >= 0.3 is 0 Å². The van der Waals surface area contributed by atoms with Gasteiger partial charge in [0.2, 0.25) is 0 Å². The topological polar surface area (TPSA) is 63.8 Å². The fourth-order valence-electron chi connectivity index (χ4n) is 1.92. The highest BCUT2D eigenvalue weighted by Crippen LogP contribution is 2.18. The molecule has 0 aliphatic carbocycles. The fraction of sp³-hybridized carbons (Fsp3) is 0.154. The first-order chi connectivity index (χ1) is 9.24. The van der Waals surface area contributed by atoms with Gasteiger partial charge in [-0.3, -0.25) is 4.98 Å². The van der Waals surface area contributed by atoms with E-state index >= 15 is 0 Å². The molecule has 0 atom stereocenters. The summed E-state index contributed by atoms with van der Waals surface area (Å²) in [6.07, 6.45) is 3.24. The van der Waals surface area contributed by atoms with Gasteiger partial charge in [0.15, 0.2) is 5.82 Å². The highest BCUT2D eigenvalue weighted by Gasteiger charge is 2.02. The SMILES string of the molecule is OCc1ncn(Cc2ccc3ncc(Cl)cc3c2)n1. The summed E-state index contributed by atoms with van der Waals surface area (Å²) in [5, 5.41) is 14.7. The largest absolute Gasteiger partial charge is 0.388 e.